The fourth-order valence-electron chi connectivity index (χ4n) is 1.74. The highest BCUT2D eigenvalue weighted by Gasteiger charge is 2.34. The van der Waals surface area contributed by atoms with E-state index in [-0.39, 0.29) is 16.9 Å². The zero-order valence-electron chi connectivity index (χ0n) is 10.8. The summed E-state index contributed by atoms with van der Waals surface area (Å²) in [5, 5.41) is 7.95. The van der Waals surface area contributed by atoms with Crippen molar-refractivity contribution in [1.82, 2.24) is 10.2 Å². The zero-order valence-corrected chi connectivity index (χ0v) is 10.8. The van der Waals surface area contributed by atoms with Gasteiger partial charge in [-0.15, -0.1) is 0 Å². The maximum atomic E-state index is 13.0. The fraction of sp³-hybridized carbons (Fsp3) is 0.154. The first-order chi connectivity index (χ1) is 9.77. The maximum Gasteiger partial charge on any atom is 0.418 e. The van der Waals surface area contributed by atoms with Crippen molar-refractivity contribution in [3.63, 3.8) is 0 Å². The predicted octanol–water partition coefficient (Wildman–Crippen LogP) is 2.41. The Labute approximate surface area is 116 Å². The van der Waals surface area contributed by atoms with Crippen LogP contribution in [0.1, 0.15) is 12.5 Å². The van der Waals surface area contributed by atoms with Gasteiger partial charge in [-0.3, -0.25) is 9.59 Å². The molecule has 0 unspecified atom stereocenters. The van der Waals surface area contributed by atoms with Gasteiger partial charge in [0.15, 0.2) is 0 Å². The fourth-order valence-corrected chi connectivity index (χ4v) is 1.74. The van der Waals surface area contributed by atoms with Gasteiger partial charge in [0.25, 0.3) is 5.56 Å². The number of halogens is 3. The van der Waals surface area contributed by atoms with Gasteiger partial charge in [0.1, 0.15) is 0 Å². The number of benzene rings is 1. The second-order valence-electron chi connectivity index (χ2n) is 4.25. The van der Waals surface area contributed by atoms with Crippen LogP contribution in [0.4, 0.5) is 18.9 Å². The average Bonchev–Trinajstić information content (AvgIpc) is 2.38. The van der Waals surface area contributed by atoms with Crippen LogP contribution in [0.5, 0.6) is 0 Å². The van der Waals surface area contributed by atoms with Crippen LogP contribution in [0.2, 0.25) is 0 Å². The minimum atomic E-state index is -4.63. The van der Waals surface area contributed by atoms with Crippen molar-refractivity contribution in [1.29, 1.82) is 0 Å². The van der Waals surface area contributed by atoms with Gasteiger partial charge in [-0.2, -0.15) is 18.3 Å². The minimum Gasteiger partial charge on any atom is -0.326 e. The van der Waals surface area contributed by atoms with E-state index in [1.54, 1.807) is 0 Å². The molecule has 110 valence electrons. The lowest BCUT2D eigenvalue weighted by molar-refractivity contribution is -0.136. The van der Waals surface area contributed by atoms with Gasteiger partial charge in [-0.05, 0) is 18.2 Å². The van der Waals surface area contributed by atoms with E-state index in [0.717, 1.165) is 25.1 Å². The van der Waals surface area contributed by atoms with Gasteiger partial charge in [0.2, 0.25) is 5.91 Å². The number of alkyl halides is 3. The van der Waals surface area contributed by atoms with Crippen molar-refractivity contribution < 1.29 is 18.0 Å². The molecular formula is C13H10F3N3O2. The van der Waals surface area contributed by atoms with E-state index < -0.39 is 23.2 Å². The second-order valence-corrected chi connectivity index (χ2v) is 4.25. The first-order valence-corrected chi connectivity index (χ1v) is 5.82. The van der Waals surface area contributed by atoms with Crippen molar-refractivity contribution in [3.05, 3.63) is 46.2 Å². The summed E-state index contributed by atoms with van der Waals surface area (Å²) in [5.74, 6) is -0.601. The van der Waals surface area contributed by atoms with Crippen LogP contribution in [0.3, 0.4) is 0 Å². The largest absolute Gasteiger partial charge is 0.418 e. The number of carbonyl (C=O) groups is 1. The Kier molecular flexibility index (Phi) is 3.79. The molecule has 0 aliphatic rings. The normalized spacial score (nSPS) is 11.2. The van der Waals surface area contributed by atoms with Crippen LogP contribution >= 0.6 is 0 Å². The van der Waals surface area contributed by atoms with E-state index >= 15 is 0 Å². The second kappa shape index (κ2) is 5.39. The molecule has 21 heavy (non-hydrogen) atoms. The number of aromatic amines is 1. The molecule has 0 radical (unpaired) electrons. The number of aromatic nitrogens is 2. The first-order valence-electron chi connectivity index (χ1n) is 5.82. The Bertz CT molecular complexity index is 718. The SMILES string of the molecule is CC(=O)Nc1ccc(-c2ccc(=O)[nH]n2)cc1C(F)(F)F. The lowest BCUT2D eigenvalue weighted by atomic mass is 10.1. The Hall–Kier alpha value is -2.64. The van der Waals surface area contributed by atoms with E-state index in [0.29, 0.717) is 0 Å². The first kappa shape index (κ1) is 14.8. The van der Waals surface area contributed by atoms with Crippen molar-refractivity contribution in [2.75, 3.05) is 5.32 Å². The molecule has 0 spiro atoms. The molecule has 2 rings (SSSR count). The van der Waals surface area contributed by atoms with Gasteiger partial charge in [-0.25, -0.2) is 5.10 Å². The molecule has 5 nitrogen and oxygen atoms in total. The van der Waals surface area contributed by atoms with Crippen LogP contribution < -0.4 is 10.9 Å². The van der Waals surface area contributed by atoms with Crippen molar-refractivity contribution in [2.24, 2.45) is 0 Å². The lowest BCUT2D eigenvalue weighted by Gasteiger charge is -2.14. The van der Waals surface area contributed by atoms with Gasteiger partial charge in [0, 0.05) is 18.6 Å². The minimum absolute atomic E-state index is 0.174. The van der Waals surface area contributed by atoms with Crippen molar-refractivity contribution in [2.45, 2.75) is 13.1 Å². The number of hydrogen-bond acceptors (Lipinski definition) is 3. The smallest absolute Gasteiger partial charge is 0.326 e. The van der Waals surface area contributed by atoms with Crippen LogP contribution in [-0.4, -0.2) is 16.1 Å². The summed E-state index contributed by atoms with van der Waals surface area (Å²) < 4.78 is 39.1. The molecule has 1 heterocycles. The standard InChI is InChI=1S/C13H10F3N3O2/c1-7(20)17-11-3-2-8(6-9(11)13(14,15)16)10-4-5-12(21)19-18-10/h2-6H,1H3,(H,17,20)(H,19,21). The molecule has 8 heteroatoms. The van der Waals surface area contributed by atoms with Gasteiger partial charge >= 0.3 is 6.18 Å². The molecule has 0 aliphatic carbocycles. The predicted molar refractivity (Wildman–Crippen MR) is 69.6 cm³/mol. The number of amides is 1. The zero-order chi connectivity index (χ0) is 15.6. The maximum absolute atomic E-state index is 13.0. The van der Waals surface area contributed by atoms with Crippen LogP contribution in [0.25, 0.3) is 11.3 Å². The number of rotatable bonds is 2. The third-order valence-electron chi connectivity index (χ3n) is 2.61. The number of hydrogen-bond donors (Lipinski definition) is 2. The number of nitrogens with one attached hydrogen (secondary N) is 2. The summed E-state index contributed by atoms with van der Waals surface area (Å²) in [6, 6.07) is 5.86. The van der Waals surface area contributed by atoms with Crippen LogP contribution in [0, 0.1) is 0 Å². The molecule has 0 saturated heterocycles. The summed E-state index contributed by atoms with van der Waals surface area (Å²) in [6.07, 6.45) is -4.63. The van der Waals surface area contributed by atoms with Crippen LogP contribution in [0.15, 0.2) is 35.1 Å². The van der Waals surface area contributed by atoms with Crippen LogP contribution in [-0.2, 0) is 11.0 Å². The number of H-pyrrole nitrogens is 1. The summed E-state index contributed by atoms with van der Waals surface area (Å²) >= 11 is 0. The molecule has 0 aliphatic heterocycles. The molecule has 1 amide bonds. The van der Waals surface area contributed by atoms with Gasteiger partial charge in [0.05, 0.1) is 16.9 Å². The molecule has 1 aromatic heterocycles. The average molecular weight is 297 g/mol. The highest BCUT2D eigenvalue weighted by molar-refractivity contribution is 5.90. The van der Waals surface area contributed by atoms with Gasteiger partial charge in [-0.1, -0.05) is 6.07 Å². The van der Waals surface area contributed by atoms with E-state index in [2.05, 4.69) is 15.5 Å². The van der Waals surface area contributed by atoms with E-state index in [1.165, 1.54) is 12.1 Å². The highest BCUT2D eigenvalue weighted by Crippen LogP contribution is 2.37. The molecule has 2 N–H and O–H groups in total. The summed E-state index contributed by atoms with van der Waals surface area (Å²) in [5.41, 5.74) is -1.40. The number of nitrogens with zero attached hydrogens (tertiary/aromatic N) is 1. The molecular weight excluding hydrogens is 287 g/mol. The Morgan fingerprint density at radius 2 is 1.95 bits per heavy atom. The quantitative estimate of drug-likeness (QED) is 0.894. The molecule has 0 saturated carbocycles. The lowest BCUT2D eigenvalue weighted by Crippen LogP contribution is -2.14. The van der Waals surface area contributed by atoms with E-state index in [1.807, 2.05) is 0 Å². The Morgan fingerprint density at radius 1 is 1.24 bits per heavy atom. The monoisotopic (exact) mass is 297 g/mol. The molecule has 0 bridgehead atoms. The molecule has 2 aromatic rings. The third kappa shape index (κ3) is 3.47. The third-order valence-corrected chi connectivity index (χ3v) is 2.61. The highest BCUT2D eigenvalue weighted by atomic mass is 19.4. The molecule has 0 fully saturated rings. The molecule has 1 aromatic carbocycles. The topological polar surface area (TPSA) is 74.8 Å². The van der Waals surface area contributed by atoms with Gasteiger partial charge < -0.3 is 5.32 Å². The van der Waals surface area contributed by atoms with Crippen molar-refractivity contribution >= 4 is 11.6 Å². The Balaban J connectivity index is 2.53. The summed E-state index contributed by atoms with van der Waals surface area (Å²) in [6.45, 7) is 1.12. The van der Waals surface area contributed by atoms with E-state index in [4.69, 9.17) is 0 Å². The molecule has 0 atom stereocenters. The number of anilines is 1. The van der Waals surface area contributed by atoms with Crippen molar-refractivity contribution in [3.8, 4) is 11.3 Å². The Morgan fingerprint density at radius 3 is 2.48 bits per heavy atom. The number of carbonyl (C=O) groups excluding carboxylic acids is 1. The summed E-state index contributed by atoms with van der Waals surface area (Å²) in [4.78, 5) is 21.9. The summed E-state index contributed by atoms with van der Waals surface area (Å²) in [7, 11) is 0. The van der Waals surface area contributed by atoms with E-state index in [9.17, 15) is 22.8 Å².